The standard InChI is InChI=1S/C18H22ClN5O/c1-25-15-16(19)21-11-22-18(15)24-9-6-12(7-10-24)14-5-4-13-3-2-8-20-17(13)23-14/h4-5,11-12H,2-3,6-10H2,1H3,(H,20,23). The molecular formula is C18H22ClN5O. The summed E-state index contributed by atoms with van der Waals surface area (Å²) in [5.41, 5.74) is 2.54. The SMILES string of the molecule is COc1c(Cl)ncnc1N1CCC(c2ccc3c(n2)NCCC3)CC1. The smallest absolute Gasteiger partial charge is 0.199 e. The van der Waals surface area contributed by atoms with Gasteiger partial charge >= 0.3 is 0 Å². The van der Waals surface area contributed by atoms with Crippen molar-refractivity contribution < 1.29 is 4.74 Å². The largest absolute Gasteiger partial charge is 0.490 e. The first-order valence-corrected chi connectivity index (χ1v) is 9.17. The van der Waals surface area contributed by atoms with E-state index in [1.807, 2.05) is 0 Å². The number of piperidine rings is 1. The average Bonchev–Trinajstić information content (AvgIpc) is 2.67. The lowest BCUT2D eigenvalue weighted by atomic mass is 9.92. The van der Waals surface area contributed by atoms with Gasteiger partial charge in [0.25, 0.3) is 0 Å². The molecule has 0 bridgehead atoms. The van der Waals surface area contributed by atoms with E-state index in [2.05, 4.69) is 32.3 Å². The number of hydrogen-bond acceptors (Lipinski definition) is 6. The van der Waals surface area contributed by atoms with Gasteiger partial charge in [0.05, 0.1) is 7.11 Å². The molecule has 132 valence electrons. The first-order valence-electron chi connectivity index (χ1n) is 8.79. The Labute approximate surface area is 152 Å². The second-order valence-electron chi connectivity index (χ2n) is 6.56. The molecule has 0 amide bonds. The molecule has 0 aliphatic carbocycles. The van der Waals surface area contributed by atoms with Gasteiger partial charge in [-0.1, -0.05) is 17.7 Å². The molecule has 1 fully saturated rings. The van der Waals surface area contributed by atoms with E-state index in [9.17, 15) is 0 Å². The molecule has 2 aliphatic rings. The summed E-state index contributed by atoms with van der Waals surface area (Å²) in [6.45, 7) is 2.83. The number of nitrogens with zero attached hydrogens (tertiary/aromatic N) is 4. The van der Waals surface area contributed by atoms with Crippen LogP contribution in [0.5, 0.6) is 5.75 Å². The highest BCUT2D eigenvalue weighted by Gasteiger charge is 2.26. The normalized spacial score (nSPS) is 17.8. The number of fused-ring (bicyclic) bond motifs is 1. The average molecular weight is 360 g/mol. The third-order valence-corrected chi connectivity index (χ3v) is 5.34. The van der Waals surface area contributed by atoms with Crippen molar-refractivity contribution in [3.05, 3.63) is 34.9 Å². The quantitative estimate of drug-likeness (QED) is 0.848. The van der Waals surface area contributed by atoms with Crippen LogP contribution in [0.25, 0.3) is 0 Å². The fourth-order valence-corrected chi connectivity index (χ4v) is 3.91. The summed E-state index contributed by atoms with van der Waals surface area (Å²) in [5.74, 6) is 2.89. The third-order valence-electron chi connectivity index (χ3n) is 5.07. The van der Waals surface area contributed by atoms with Gasteiger partial charge in [0.1, 0.15) is 12.1 Å². The summed E-state index contributed by atoms with van der Waals surface area (Å²) < 4.78 is 5.38. The number of hydrogen-bond donors (Lipinski definition) is 1. The van der Waals surface area contributed by atoms with Gasteiger partial charge in [0.2, 0.25) is 0 Å². The van der Waals surface area contributed by atoms with Crippen molar-refractivity contribution in [2.75, 3.05) is 37.0 Å². The van der Waals surface area contributed by atoms with Crippen LogP contribution in [0, 0.1) is 0 Å². The lowest BCUT2D eigenvalue weighted by molar-refractivity contribution is 0.406. The number of rotatable bonds is 3. The molecule has 0 atom stereocenters. The van der Waals surface area contributed by atoms with Crippen LogP contribution < -0.4 is 15.0 Å². The Morgan fingerprint density at radius 3 is 2.88 bits per heavy atom. The van der Waals surface area contributed by atoms with Crippen LogP contribution in [0.2, 0.25) is 5.15 Å². The molecule has 0 unspecified atom stereocenters. The monoisotopic (exact) mass is 359 g/mol. The van der Waals surface area contributed by atoms with Gasteiger partial charge < -0.3 is 15.0 Å². The molecule has 7 heteroatoms. The molecule has 2 aromatic heterocycles. The Kier molecular flexibility index (Phi) is 4.61. The highest BCUT2D eigenvalue weighted by molar-refractivity contribution is 6.31. The highest BCUT2D eigenvalue weighted by Crippen LogP contribution is 2.36. The minimum absolute atomic E-state index is 0.358. The Hall–Kier alpha value is -2.08. The molecule has 4 rings (SSSR count). The number of anilines is 2. The maximum Gasteiger partial charge on any atom is 0.199 e. The molecule has 0 saturated carbocycles. The number of halogens is 1. The zero-order chi connectivity index (χ0) is 17.2. The first kappa shape index (κ1) is 16.4. The molecule has 0 radical (unpaired) electrons. The first-order chi connectivity index (χ1) is 12.3. The highest BCUT2D eigenvalue weighted by atomic mass is 35.5. The van der Waals surface area contributed by atoms with Crippen LogP contribution >= 0.6 is 11.6 Å². The number of aromatic nitrogens is 3. The summed E-state index contributed by atoms with van der Waals surface area (Å²) in [5, 5.41) is 3.79. The maximum atomic E-state index is 6.12. The van der Waals surface area contributed by atoms with Crippen LogP contribution in [-0.2, 0) is 6.42 Å². The summed E-state index contributed by atoms with van der Waals surface area (Å²) in [6.07, 6.45) is 5.88. The van der Waals surface area contributed by atoms with Crippen LogP contribution in [0.15, 0.2) is 18.5 Å². The predicted molar refractivity (Wildman–Crippen MR) is 98.8 cm³/mol. The van der Waals surface area contributed by atoms with Gasteiger partial charge in [-0.05, 0) is 37.3 Å². The Bertz CT molecular complexity index is 761. The molecule has 6 nitrogen and oxygen atoms in total. The van der Waals surface area contributed by atoms with Crippen molar-refractivity contribution >= 4 is 23.2 Å². The van der Waals surface area contributed by atoms with Crippen molar-refractivity contribution in [2.45, 2.75) is 31.6 Å². The summed E-state index contributed by atoms with van der Waals surface area (Å²) in [4.78, 5) is 15.5. The van der Waals surface area contributed by atoms with Crippen LogP contribution in [-0.4, -0.2) is 41.7 Å². The van der Waals surface area contributed by atoms with E-state index < -0.39 is 0 Å². The Morgan fingerprint density at radius 1 is 1.24 bits per heavy atom. The van der Waals surface area contributed by atoms with Crippen molar-refractivity contribution in [3.63, 3.8) is 0 Å². The molecule has 2 aliphatic heterocycles. The van der Waals surface area contributed by atoms with Crippen LogP contribution in [0.3, 0.4) is 0 Å². The molecular weight excluding hydrogens is 338 g/mol. The van der Waals surface area contributed by atoms with Crippen molar-refractivity contribution in [1.29, 1.82) is 0 Å². The van der Waals surface area contributed by atoms with E-state index in [1.54, 1.807) is 7.11 Å². The Morgan fingerprint density at radius 2 is 2.08 bits per heavy atom. The maximum absolute atomic E-state index is 6.12. The lowest BCUT2D eigenvalue weighted by Crippen LogP contribution is -2.34. The van der Waals surface area contributed by atoms with Crippen molar-refractivity contribution in [3.8, 4) is 5.75 Å². The van der Waals surface area contributed by atoms with E-state index >= 15 is 0 Å². The molecule has 2 aromatic rings. The number of pyridine rings is 1. The Balaban J connectivity index is 1.48. The number of ether oxygens (including phenoxy) is 1. The summed E-state index contributed by atoms with van der Waals surface area (Å²) >= 11 is 6.12. The van der Waals surface area contributed by atoms with Gasteiger partial charge in [0, 0.05) is 31.2 Å². The topological polar surface area (TPSA) is 63.2 Å². The summed E-state index contributed by atoms with van der Waals surface area (Å²) in [7, 11) is 1.60. The summed E-state index contributed by atoms with van der Waals surface area (Å²) in [6, 6.07) is 4.44. The molecule has 0 spiro atoms. The zero-order valence-corrected chi connectivity index (χ0v) is 15.1. The van der Waals surface area contributed by atoms with E-state index in [1.165, 1.54) is 24.0 Å². The lowest BCUT2D eigenvalue weighted by Gasteiger charge is -2.33. The molecule has 25 heavy (non-hydrogen) atoms. The predicted octanol–water partition coefficient (Wildman–Crippen LogP) is 3.28. The van der Waals surface area contributed by atoms with Gasteiger partial charge in [-0.25, -0.2) is 15.0 Å². The van der Waals surface area contributed by atoms with Gasteiger partial charge in [-0.3, -0.25) is 0 Å². The van der Waals surface area contributed by atoms with E-state index in [0.29, 0.717) is 16.8 Å². The molecule has 0 aromatic carbocycles. The second kappa shape index (κ2) is 7.04. The second-order valence-corrected chi connectivity index (χ2v) is 6.91. The van der Waals surface area contributed by atoms with Gasteiger partial charge in [0.15, 0.2) is 16.7 Å². The van der Waals surface area contributed by atoms with E-state index in [-0.39, 0.29) is 0 Å². The van der Waals surface area contributed by atoms with Crippen LogP contribution in [0.4, 0.5) is 11.6 Å². The van der Waals surface area contributed by atoms with Crippen molar-refractivity contribution in [2.24, 2.45) is 0 Å². The minimum atomic E-state index is 0.358. The minimum Gasteiger partial charge on any atom is -0.490 e. The molecule has 1 N–H and O–H groups in total. The zero-order valence-electron chi connectivity index (χ0n) is 14.3. The number of methoxy groups -OCH3 is 1. The van der Waals surface area contributed by atoms with E-state index in [0.717, 1.165) is 50.5 Å². The van der Waals surface area contributed by atoms with Crippen molar-refractivity contribution in [1.82, 2.24) is 15.0 Å². The van der Waals surface area contributed by atoms with E-state index in [4.69, 9.17) is 21.3 Å². The third kappa shape index (κ3) is 3.23. The molecule has 1 saturated heterocycles. The van der Waals surface area contributed by atoms with Crippen LogP contribution in [0.1, 0.15) is 36.4 Å². The fourth-order valence-electron chi connectivity index (χ4n) is 3.70. The van der Waals surface area contributed by atoms with Gasteiger partial charge in [-0.2, -0.15) is 0 Å². The molecule has 4 heterocycles. The fraction of sp³-hybridized carbons (Fsp3) is 0.500. The van der Waals surface area contributed by atoms with Gasteiger partial charge in [-0.15, -0.1) is 0 Å². The number of nitrogens with one attached hydrogen (secondary N) is 1. The number of aryl methyl sites for hydroxylation is 1.